The molecule has 2 rings (SSSR count). The molecule has 0 aromatic heterocycles. The van der Waals surface area contributed by atoms with E-state index in [4.69, 9.17) is 14.5 Å². The summed E-state index contributed by atoms with van der Waals surface area (Å²) in [6.07, 6.45) is 2.50. The maximum atomic E-state index is 5.61. The van der Waals surface area contributed by atoms with Crippen molar-refractivity contribution in [2.75, 3.05) is 53.0 Å². The number of aliphatic imine (C=N–C) groups is 1. The van der Waals surface area contributed by atoms with Gasteiger partial charge >= 0.3 is 0 Å². The van der Waals surface area contributed by atoms with Crippen molar-refractivity contribution in [2.24, 2.45) is 4.99 Å². The van der Waals surface area contributed by atoms with E-state index in [9.17, 15) is 0 Å². The SMILES string of the molecule is CCNC(=NCC(c1ccccc1OC)N1CCCC1)NCCOCC.I. The molecule has 7 heteroatoms. The number of nitrogens with zero attached hydrogens (tertiary/aromatic N) is 2. The summed E-state index contributed by atoms with van der Waals surface area (Å²) in [6, 6.07) is 8.53. The molecule has 154 valence electrons. The van der Waals surface area contributed by atoms with E-state index < -0.39 is 0 Å². The van der Waals surface area contributed by atoms with Gasteiger partial charge in [-0.05, 0) is 45.8 Å². The molecular weight excluding hydrogens is 455 g/mol. The quantitative estimate of drug-likeness (QED) is 0.229. The largest absolute Gasteiger partial charge is 0.496 e. The molecule has 1 aromatic carbocycles. The summed E-state index contributed by atoms with van der Waals surface area (Å²) in [5.74, 6) is 1.78. The van der Waals surface area contributed by atoms with Gasteiger partial charge in [0, 0.05) is 25.3 Å². The number of nitrogens with one attached hydrogen (secondary N) is 2. The monoisotopic (exact) mass is 490 g/mol. The first-order valence-electron chi connectivity index (χ1n) is 9.77. The molecule has 1 atom stereocenters. The van der Waals surface area contributed by atoms with E-state index in [0.717, 1.165) is 44.5 Å². The summed E-state index contributed by atoms with van der Waals surface area (Å²) >= 11 is 0. The van der Waals surface area contributed by atoms with Gasteiger partial charge in [0.15, 0.2) is 5.96 Å². The Hall–Kier alpha value is -1.06. The van der Waals surface area contributed by atoms with E-state index in [-0.39, 0.29) is 30.0 Å². The van der Waals surface area contributed by atoms with E-state index in [2.05, 4.69) is 34.6 Å². The highest BCUT2D eigenvalue weighted by Crippen LogP contribution is 2.31. The molecule has 27 heavy (non-hydrogen) atoms. The van der Waals surface area contributed by atoms with Crippen LogP contribution in [-0.2, 0) is 4.74 Å². The van der Waals surface area contributed by atoms with Crippen LogP contribution in [0.4, 0.5) is 0 Å². The fourth-order valence-corrected chi connectivity index (χ4v) is 3.31. The normalized spacial score (nSPS) is 15.9. The average molecular weight is 490 g/mol. The zero-order valence-corrected chi connectivity index (χ0v) is 19.2. The van der Waals surface area contributed by atoms with Crippen LogP contribution < -0.4 is 15.4 Å². The second-order valence-electron chi connectivity index (χ2n) is 6.34. The minimum absolute atomic E-state index is 0. The molecule has 1 unspecified atom stereocenters. The van der Waals surface area contributed by atoms with Gasteiger partial charge in [0.1, 0.15) is 5.75 Å². The molecule has 6 nitrogen and oxygen atoms in total. The Morgan fingerprint density at radius 3 is 2.59 bits per heavy atom. The number of halogens is 1. The van der Waals surface area contributed by atoms with Crippen LogP contribution in [0.3, 0.4) is 0 Å². The van der Waals surface area contributed by atoms with Crippen LogP contribution >= 0.6 is 24.0 Å². The Balaban J connectivity index is 0.00000364. The number of para-hydroxylation sites is 1. The van der Waals surface area contributed by atoms with Crippen molar-refractivity contribution in [1.82, 2.24) is 15.5 Å². The Labute approximate surface area is 181 Å². The zero-order valence-electron chi connectivity index (χ0n) is 16.9. The third kappa shape index (κ3) is 7.83. The Morgan fingerprint density at radius 1 is 1.19 bits per heavy atom. The third-order valence-corrected chi connectivity index (χ3v) is 4.59. The molecule has 1 aromatic rings. The lowest BCUT2D eigenvalue weighted by Gasteiger charge is -2.28. The maximum Gasteiger partial charge on any atom is 0.191 e. The van der Waals surface area contributed by atoms with Gasteiger partial charge in [-0.25, -0.2) is 0 Å². The lowest BCUT2D eigenvalue weighted by atomic mass is 10.0. The fourth-order valence-electron chi connectivity index (χ4n) is 3.31. The summed E-state index contributed by atoms with van der Waals surface area (Å²) in [5.41, 5.74) is 1.21. The molecule has 0 bridgehead atoms. The first kappa shape index (κ1) is 24.0. The van der Waals surface area contributed by atoms with Gasteiger partial charge in [0.05, 0.1) is 26.3 Å². The number of methoxy groups -OCH3 is 1. The highest BCUT2D eigenvalue weighted by Gasteiger charge is 2.25. The molecule has 0 amide bonds. The van der Waals surface area contributed by atoms with Crippen LogP contribution in [0.1, 0.15) is 38.3 Å². The molecule has 1 aliphatic heterocycles. The molecule has 1 saturated heterocycles. The van der Waals surface area contributed by atoms with Crippen molar-refractivity contribution in [3.8, 4) is 5.75 Å². The van der Waals surface area contributed by atoms with Gasteiger partial charge in [-0.1, -0.05) is 18.2 Å². The molecule has 0 aliphatic carbocycles. The number of benzene rings is 1. The summed E-state index contributed by atoms with van der Waals surface area (Å²) in [5, 5.41) is 6.66. The van der Waals surface area contributed by atoms with Crippen LogP contribution in [-0.4, -0.2) is 63.9 Å². The minimum Gasteiger partial charge on any atom is -0.496 e. The number of hydrogen-bond acceptors (Lipinski definition) is 4. The lowest BCUT2D eigenvalue weighted by molar-refractivity contribution is 0.152. The first-order valence-corrected chi connectivity index (χ1v) is 9.77. The van der Waals surface area contributed by atoms with E-state index in [1.165, 1.54) is 18.4 Å². The Kier molecular flexibility index (Phi) is 12.4. The molecule has 1 aliphatic rings. The number of guanidine groups is 1. The predicted molar refractivity (Wildman–Crippen MR) is 122 cm³/mol. The van der Waals surface area contributed by atoms with Crippen molar-refractivity contribution in [3.05, 3.63) is 29.8 Å². The maximum absolute atomic E-state index is 5.61. The van der Waals surface area contributed by atoms with Crippen molar-refractivity contribution < 1.29 is 9.47 Å². The highest BCUT2D eigenvalue weighted by molar-refractivity contribution is 14.0. The highest BCUT2D eigenvalue weighted by atomic mass is 127. The van der Waals surface area contributed by atoms with E-state index in [0.29, 0.717) is 13.2 Å². The van der Waals surface area contributed by atoms with Gasteiger partial charge in [0.2, 0.25) is 0 Å². The Morgan fingerprint density at radius 2 is 1.93 bits per heavy atom. The molecule has 1 heterocycles. The fraction of sp³-hybridized carbons (Fsp3) is 0.650. The van der Waals surface area contributed by atoms with Crippen LogP contribution in [0.2, 0.25) is 0 Å². The number of rotatable bonds is 10. The van der Waals surface area contributed by atoms with Gasteiger partial charge in [-0.15, -0.1) is 24.0 Å². The van der Waals surface area contributed by atoms with Crippen LogP contribution in [0, 0.1) is 0 Å². The average Bonchev–Trinajstić information content (AvgIpc) is 3.20. The van der Waals surface area contributed by atoms with E-state index >= 15 is 0 Å². The minimum atomic E-state index is 0. The Bertz CT molecular complexity index is 551. The smallest absolute Gasteiger partial charge is 0.191 e. The summed E-state index contributed by atoms with van der Waals surface area (Å²) in [4.78, 5) is 7.37. The number of ether oxygens (including phenoxy) is 2. The summed E-state index contributed by atoms with van der Waals surface area (Å²) in [7, 11) is 1.74. The standard InChI is InChI=1S/C20H34N4O2.HI/c1-4-21-20(22-12-15-26-5-2)23-16-18(24-13-8-9-14-24)17-10-6-7-11-19(17)25-3;/h6-7,10-11,18H,4-5,8-9,12-16H2,1-3H3,(H2,21,22,23);1H. The molecule has 2 N–H and O–H groups in total. The first-order chi connectivity index (χ1) is 12.8. The second-order valence-corrected chi connectivity index (χ2v) is 6.34. The predicted octanol–water partition coefficient (Wildman–Crippen LogP) is 3.04. The molecule has 0 radical (unpaired) electrons. The zero-order chi connectivity index (χ0) is 18.6. The van der Waals surface area contributed by atoms with Crippen LogP contribution in [0.25, 0.3) is 0 Å². The topological polar surface area (TPSA) is 58.1 Å². The van der Waals surface area contributed by atoms with Crippen molar-refractivity contribution in [2.45, 2.75) is 32.7 Å². The van der Waals surface area contributed by atoms with Crippen molar-refractivity contribution >= 4 is 29.9 Å². The second kappa shape index (κ2) is 14.0. The molecule has 0 saturated carbocycles. The van der Waals surface area contributed by atoms with Gasteiger partial charge in [0.25, 0.3) is 0 Å². The molecule has 1 fully saturated rings. The molecule has 0 spiro atoms. The van der Waals surface area contributed by atoms with Crippen LogP contribution in [0.15, 0.2) is 29.3 Å². The lowest BCUT2D eigenvalue weighted by Crippen LogP contribution is -2.40. The van der Waals surface area contributed by atoms with Crippen molar-refractivity contribution in [1.29, 1.82) is 0 Å². The van der Waals surface area contributed by atoms with E-state index in [1.54, 1.807) is 7.11 Å². The van der Waals surface area contributed by atoms with Crippen molar-refractivity contribution in [3.63, 3.8) is 0 Å². The number of likely N-dealkylation sites (tertiary alicyclic amines) is 1. The van der Waals surface area contributed by atoms with Gasteiger partial charge in [-0.2, -0.15) is 0 Å². The third-order valence-electron chi connectivity index (χ3n) is 4.59. The number of hydrogen-bond donors (Lipinski definition) is 2. The van der Waals surface area contributed by atoms with E-state index in [1.807, 2.05) is 19.1 Å². The van der Waals surface area contributed by atoms with Crippen LogP contribution in [0.5, 0.6) is 5.75 Å². The van der Waals surface area contributed by atoms with Gasteiger partial charge < -0.3 is 20.1 Å². The molecular formula is C20H35IN4O2. The van der Waals surface area contributed by atoms with Gasteiger partial charge in [-0.3, -0.25) is 9.89 Å². The summed E-state index contributed by atoms with van der Waals surface area (Å²) < 4.78 is 11.0. The summed E-state index contributed by atoms with van der Waals surface area (Å²) in [6.45, 7) is 10.0.